The zero-order valence-corrected chi connectivity index (χ0v) is 11.5. The Bertz CT molecular complexity index is 521. The Morgan fingerprint density at radius 1 is 1.32 bits per heavy atom. The van der Waals surface area contributed by atoms with Gasteiger partial charge in [0.1, 0.15) is 5.82 Å². The number of aliphatic hydroxyl groups excluding tert-OH is 1. The Kier molecular flexibility index (Phi) is 4.02. The summed E-state index contributed by atoms with van der Waals surface area (Å²) in [6.07, 6.45) is 3.69. The second-order valence-corrected chi connectivity index (χ2v) is 5.25. The molecule has 0 radical (unpaired) electrons. The Morgan fingerprint density at radius 2 is 2.00 bits per heavy atom. The third-order valence-electron chi connectivity index (χ3n) is 3.35. The van der Waals surface area contributed by atoms with E-state index >= 15 is 0 Å². The molecule has 0 bridgehead atoms. The molecule has 1 aromatic heterocycles. The second-order valence-electron chi connectivity index (χ2n) is 5.25. The smallest absolute Gasteiger partial charge is 0.111 e. The topological polar surface area (TPSA) is 64.1 Å². The number of aromatic nitrogens is 2. The quantitative estimate of drug-likeness (QED) is 0.861. The van der Waals surface area contributed by atoms with Gasteiger partial charge in [-0.25, -0.2) is 4.98 Å². The molecule has 1 unspecified atom stereocenters. The molecular formula is C15H21N3O. The number of aliphatic hydroxyl groups is 1. The van der Waals surface area contributed by atoms with Gasteiger partial charge in [-0.05, 0) is 5.56 Å². The van der Waals surface area contributed by atoms with Crippen LogP contribution in [-0.2, 0) is 12.1 Å². The summed E-state index contributed by atoms with van der Waals surface area (Å²) in [7, 11) is 0. The number of hydrogen-bond acceptors (Lipinski definition) is 3. The predicted octanol–water partition coefficient (Wildman–Crippen LogP) is 1.85. The first-order valence-corrected chi connectivity index (χ1v) is 6.53. The molecule has 2 rings (SSSR count). The molecule has 0 fully saturated rings. The summed E-state index contributed by atoms with van der Waals surface area (Å²) < 4.78 is 2.02. The maximum Gasteiger partial charge on any atom is 0.111 e. The summed E-state index contributed by atoms with van der Waals surface area (Å²) in [4.78, 5) is 4.35. The summed E-state index contributed by atoms with van der Waals surface area (Å²) in [6.45, 7) is 4.60. The normalized spacial score (nSPS) is 14.6. The van der Waals surface area contributed by atoms with Crippen LogP contribution in [0.2, 0.25) is 0 Å². The fraction of sp³-hybridized carbons (Fsp3) is 0.400. The molecule has 0 aliphatic heterocycles. The Labute approximate surface area is 113 Å². The van der Waals surface area contributed by atoms with Gasteiger partial charge in [0, 0.05) is 24.9 Å². The zero-order chi connectivity index (χ0) is 13.9. The van der Waals surface area contributed by atoms with Crippen molar-refractivity contribution in [2.24, 2.45) is 5.73 Å². The van der Waals surface area contributed by atoms with Crippen molar-refractivity contribution in [1.29, 1.82) is 0 Å². The van der Waals surface area contributed by atoms with E-state index in [1.165, 1.54) is 0 Å². The molecule has 1 atom stereocenters. The number of benzene rings is 1. The molecule has 4 nitrogen and oxygen atoms in total. The molecule has 0 spiro atoms. The molecule has 0 aliphatic rings. The number of nitrogens with zero attached hydrogens (tertiary/aromatic N) is 2. The first-order valence-electron chi connectivity index (χ1n) is 6.53. The largest absolute Gasteiger partial charge is 0.394 e. The molecular weight excluding hydrogens is 238 g/mol. The average molecular weight is 259 g/mol. The molecule has 0 amide bonds. The lowest BCUT2D eigenvalue weighted by Gasteiger charge is -2.29. The number of nitrogens with two attached hydrogens (primary N) is 1. The van der Waals surface area contributed by atoms with Crippen molar-refractivity contribution in [3.8, 4) is 0 Å². The molecule has 3 N–H and O–H groups in total. The van der Waals surface area contributed by atoms with Crippen molar-refractivity contribution in [2.45, 2.75) is 31.8 Å². The van der Waals surface area contributed by atoms with Gasteiger partial charge in [0.25, 0.3) is 0 Å². The summed E-state index contributed by atoms with van der Waals surface area (Å²) in [5, 5.41) is 9.71. The van der Waals surface area contributed by atoms with Crippen molar-refractivity contribution in [2.75, 3.05) is 6.61 Å². The summed E-state index contributed by atoms with van der Waals surface area (Å²) in [5.74, 6) is 1.31. The maximum absolute atomic E-state index is 9.71. The highest BCUT2D eigenvalue weighted by atomic mass is 16.3. The lowest BCUT2D eigenvalue weighted by molar-refractivity contribution is 0.177. The third-order valence-corrected chi connectivity index (χ3v) is 3.35. The summed E-state index contributed by atoms with van der Waals surface area (Å²) in [6, 6.07) is 9.70. The predicted molar refractivity (Wildman–Crippen MR) is 75.7 cm³/mol. The van der Waals surface area contributed by atoms with Crippen LogP contribution in [0.1, 0.15) is 31.2 Å². The van der Waals surface area contributed by atoms with E-state index in [9.17, 15) is 5.11 Å². The molecule has 19 heavy (non-hydrogen) atoms. The van der Waals surface area contributed by atoms with Gasteiger partial charge in [-0.3, -0.25) is 0 Å². The Morgan fingerprint density at radius 3 is 2.58 bits per heavy atom. The van der Waals surface area contributed by atoms with E-state index in [1.807, 2.05) is 41.1 Å². The second kappa shape index (κ2) is 5.55. The molecule has 0 saturated carbocycles. The first-order chi connectivity index (χ1) is 9.07. The van der Waals surface area contributed by atoms with E-state index in [4.69, 9.17) is 5.73 Å². The minimum atomic E-state index is -0.786. The SMILES string of the molecule is CC(C)c1nccn1CC(N)(CO)c1ccccc1. The van der Waals surface area contributed by atoms with E-state index in [0.29, 0.717) is 12.5 Å². The van der Waals surface area contributed by atoms with Crippen LogP contribution in [0.4, 0.5) is 0 Å². The minimum Gasteiger partial charge on any atom is -0.394 e. The molecule has 1 aromatic carbocycles. The zero-order valence-electron chi connectivity index (χ0n) is 11.5. The van der Waals surface area contributed by atoms with Crippen molar-refractivity contribution in [3.05, 3.63) is 54.1 Å². The number of imidazole rings is 1. The van der Waals surface area contributed by atoms with Gasteiger partial charge in [0.2, 0.25) is 0 Å². The monoisotopic (exact) mass is 259 g/mol. The fourth-order valence-corrected chi connectivity index (χ4v) is 2.26. The minimum absolute atomic E-state index is 0.104. The van der Waals surface area contributed by atoms with Gasteiger partial charge < -0.3 is 15.4 Å². The van der Waals surface area contributed by atoms with Gasteiger partial charge >= 0.3 is 0 Å². The van der Waals surface area contributed by atoms with E-state index in [0.717, 1.165) is 11.4 Å². The van der Waals surface area contributed by atoms with Crippen LogP contribution in [0.5, 0.6) is 0 Å². The molecule has 0 saturated heterocycles. The van der Waals surface area contributed by atoms with Crippen molar-refractivity contribution in [1.82, 2.24) is 9.55 Å². The highest BCUT2D eigenvalue weighted by molar-refractivity contribution is 5.24. The highest BCUT2D eigenvalue weighted by Crippen LogP contribution is 2.22. The van der Waals surface area contributed by atoms with Gasteiger partial charge in [-0.15, -0.1) is 0 Å². The number of rotatable bonds is 5. The highest BCUT2D eigenvalue weighted by Gasteiger charge is 2.28. The summed E-state index contributed by atoms with van der Waals surface area (Å²) >= 11 is 0. The van der Waals surface area contributed by atoms with Gasteiger partial charge in [-0.2, -0.15) is 0 Å². The first kappa shape index (κ1) is 13.8. The average Bonchev–Trinajstić information content (AvgIpc) is 2.87. The molecule has 102 valence electrons. The van der Waals surface area contributed by atoms with Crippen LogP contribution in [0, 0.1) is 0 Å². The van der Waals surface area contributed by atoms with Crippen LogP contribution in [0.3, 0.4) is 0 Å². The van der Waals surface area contributed by atoms with Crippen LogP contribution < -0.4 is 5.73 Å². The van der Waals surface area contributed by atoms with Gasteiger partial charge in [-0.1, -0.05) is 44.2 Å². The fourth-order valence-electron chi connectivity index (χ4n) is 2.26. The van der Waals surface area contributed by atoms with E-state index < -0.39 is 5.54 Å². The lowest BCUT2D eigenvalue weighted by Crippen LogP contribution is -2.44. The van der Waals surface area contributed by atoms with E-state index in [2.05, 4.69) is 18.8 Å². The molecule has 0 aliphatic carbocycles. The Hall–Kier alpha value is -1.65. The van der Waals surface area contributed by atoms with Crippen LogP contribution in [0.15, 0.2) is 42.7 Å². The Balaban J connectivity index is 2.31. The van der Waals surface area contributed by atoms with Gasteiger partial charge in [0.05, 0.1) is 12.1 Å². The van der Waals surface area contributed by atoms with Crippen molar-refractivity contribution >= 4 is 0 Å². The van der Waals surface area contributed by atoms with Crippen LogP contribution in [-0.4, -0.2) is 21.3 Å². The van der Waals surface area contributed by atoms with Crippen LogP contribution in [0.25, 0.3) is 0 Å². The van der Waals surface area contributed by atoms with Gasteiger partial charge in [0.15, 0.2) is 0 Å². The maximum atomic E-state index is 9.71. The number of hydrogen-bond donors (Lipinski definition) is 2. The molecule has 4 heteroatoms. The van der Waals surface area contributed by atoms with Crippen LogP contribution >= 0.6 is 0 Å². The van der Waals surface area contributed by atoms with Crippen molar-refractivity contribution < 1.29 is 5.11 Å². The van der Waals surface area contributed by atoms with E-state index in [-0.39, 0.29) is 6.61 Å². The molecule has 2 aromatic rings. The third kappa shape index (κ3) is 2.85. The summed E-state index contributed by atoms with van der Waals surface area (Å²) in [5.41, 5.74) is 6.53. The van der Waals surface area contributed by atoms with E-state index in [1.54, 1.807) is 6.20 Å². The lowest BCUT2D eigenvalue weighted by atomic mass is 9.91. The van der Waals surface area contributed by atoms with Crippen molar-refractivity contribution in [3.63, 3.8) is 0 Å². The standard InChI is InChI=1S/C15H21N3O/c1-12(2)14-17-8-9-18(14)10-15(16,11-19)13-6-4-3-5-7-13/h3-9,12,19H,10-11,16H2,1-2H3. The molecule has 1 heterocycles.